The standard InChI is InChI=1S/7O.2P.2Re/q7*-2;;;2*+7. The molecule has 0 saturated carbocycles. The van der Waals surface area contributed by atoms with Gasteiger partial charge in [0.1, 0.15) is 0 Å². The van der Waals surface area contributed by atoms with E-state index in [1.807, 2.05) is 0 Å². The largest absolute Gasteiger partial charge is 7.00 e. The van der Waals surface area contributed by atoms with Crippen LogP contribution in [0.4, 0.5) is 0 Å². The molecule has 0 fully saturated rings. The van der Waals surface area contributed by atoms with Gasteiger partial charge in [0.15, 0.2) is 0 Å². The average molecular weight is 546 g/mol. The molecule has 0 atom stereocenters. The molecule has 0 aliphatic rings. The Hall–Kier alpha value is 1.90. The molecule has 11 heavy (non-hydrogen) atoms. The minimum Gasteiger partial charge on any atom is -2.00 e. The van der Waals surface area contributed by atoms with Crippen molar-refractivity contribution in [1.82, 2.24) is 0 Å². The minimum absolute atomic E-state index is 0. The molecule has 66 valence electrons. The average Bonchev–Trinajstić information content (AvgIpc) is 0. The third-order valence-corrected chi connectivity index (χ3v) is 0. The van der Waals surface area contributed by atoms with Crippen LogP contribution in [0.3, 0.4) is 0 Å². The summed E-state index contributed by atoms with van der Waals surface area (Å²) in [6.07, 6.45) is 0. The zero-order valence-corrected chi connectivity index (χ0v) is 11.7. The third-order valence-electron chi connectivity index (χ3n) is 0. The molecule has 11 heteroatoms. The molecule has 0 aromatic heterocycles. The van der Waals surface area contributed by atoms with Crippen LogP contribution in [0.1, 0.15) is 0 Å². The summed E-state index contributed by atoms with van der Waals surface area (Å²) >= 11 is 0. The maximum Gasteiger partial charge on any atom is 7.00 e. The topological polar surface area (TPSA) is 200 Å². The molecular formula is O7P2Re2. The molecule has 6 radical (unpaired) electrons. The van der Waals surface area contributed by atoms with Gasteiger partial charge in [-0.05, 0) is 0 Å². The van der Waals surface area contributed by atoms with Gasteiger partial charge in [0, 0.05) is 19.8 Å². The number of hydrogen-bond acceptors (Lipinski definition) is 0. The molecule has 7 nitrogen and oxygen atoms in total. The smallest absolute Gasteiger partial charge is 2.00 e. The Morgan fingerprint density at radius 1 is 0.273 bits per heavy atom. The van der Waals surface area contributed by atoms with Gasteiger partial charge in [-0.15, -0.1) is 0 Å². The quantitative estimate of drug-likeness (QED) is 0.389. The first-order chi connectivity index (χ1) is 0. The molecule has 0 amide bonds. The van der Waals surface area contributed by atoms with Gasteiger partial charge in [0.25, 0.3) is 0 Å². The van der Waals surface area contributed by atoms with Crippen molar-refractivity contribution in [1.29, 1.82) is 0 Å². The summed E-state index contributed by atoms with van der Waals surface area (Å²) in [4.78, 5) is 0. The van der Waals surface area contributed by atoms with Crippen LogP contribution in [0.5, 0.6) is 0 Å². The molecule has 0 aromatic rings. The minimum atomic E-state index is 0. The summed E-state index contributed by atoms with van der Waals surface area (Å²) in [6.45, 7) is 0. The van der Waals surface area contributed by atoms with E-state index in [2.05, 4.69) is 0 Å². The van der Waals surface area contributed by atoms with Crippen LogP contribution >= 0.6 is 19.8 Å². The Labute approximate surface area is 98.8 Å². The van der Waals surface area contributed by atoms with E-state index < -0.39 is 0 Å². The van der Waals surface area contributed by atoms with Gasteiger partial charge < -0.3 is 38.3 Å². The maximum absolute atomic E-state index is 0. The molecule has 0 aliphatic heterocycles. The fourth-order valence-corrected chi connectivity index (χ4v) is 0. The van der Waals surface area contributed by atoms with Gasteiger partial charge in [0.05, 0.1) is 0 Å². The Kier molecular flexibility index (Phi) is 17900. The van der Waals surface area contributed by atoms with Crippen LogP contribution < -0.4 is 0 Å². The fourth-order valence-electron chi connectivity index (χ4n) is 0. The molecule has 0 saturated heterocycles. The molecule has 0 unspecified atom stereocenters. The van der Waals surface area contributed by atoms with Crippen molar-refractivity contribution in [3.63, 3.8) is 0 Å². The summed E-state index contributed by atoms with van der Waals surface area (Å²) in [5.74, 6) is 0. The van der Waals surface area contributed by atoms with E-state index in [9.17, 15) is 0 Å². The van der Waals surface area contributed by atoms with E-state index in [1.165, 1.54) is 0 Å². The van der Waals surface area contributed by atoms with E-state index in [0.717, 1.165) is 0 Å². The zero-order chi connectivity index (χ0) is 0. The van der Waals surface area contributed by atoms with Crippen molar-refractivity contribution >= 4 is 19.8 Å². The molecular weight excluding hydrogens is 546 g/mol. The van der Waals surface area contributed by atoms with Gasteiger partial charge in [-0.1, -0.05) is 0 Å². The first kappa shape index (κ1) is 504. The van der Waals surface area contributed by atoms with Gasteiger partial charge in [-0.3, -0.25) is 0 Å². The monoisotopic (exact) mass is 548 g/mol. The van der Waals surface area contributed by atoms with E-state index in [0.29, 0.717) is 0 Å². The van der Waals surface area contributed by atoms with Gasteiger partial charge in [-0.25, -0.2) is 0 Å². The predicted octanol–water partition coefficient (Wildman–Crippen LogP) is 0.886. The van der Waals surface area contributed by atoms with Crippen molar-refractivity contribution in [3.05, 3.63) is 0 Å². The third kappa shape index (κ3) is 322. The van der Waals surface area contributed by atoms with Crippen molar-refractivity contribution in [2.45, 2.75) is 0 Å². The molecule has 0 spiro atoms. The van der Waals surface area contributed by atoms with E-state index >= 15 is 0 Å². The fraction of sp³-hybridized carbons (Fsp3) is 0. The van der Waals surface area contributed by atoms with E-state index in [4.69, 9.17) is 0 Å². The molecule has 0 bridgehead atoms. The second kappa shape index (κ2) is 390. The van der Waals surface area contributed by atoms with Gasteiger partial charge in [-0.2, -0.15) is 0 Å². The normalized spacial score (nSPS) is 0. The Balaban J connectivity index is 0. The van der Waals surface area contributed by atoms with Crippen LogP contribution in [0.15, 0.2) is 0 Å². The maximum atomic E-state index is 0. The summed E-state index contributed by atoms with van der Waals surface area (Å²) in [5, 5.41) is 0. The van der Waals surface area contributed by atoms with Crippen LogP contribution in [-0.4, -0.2) is 0 Å². The van der Waals surface area contributed by atoms with Gasteiger partial charge >= 0.3 is 40.8 Å². The van der Waals surface area contributed by atoms with Crippen molar-refractivity contribution in [2.75, 3.05) is 0 Å². The zero-order valence-electron chi connectivity index (χ0n) is 4.51. The predicted molar refractivity (Wildman–Crippen MR) is 18.6 cm³/mol. The summed E-state index contributed by atoms with van der Waals surface area (Å²) in [7, 11) is 0. The molecule has 0 heterocycles. The molecule has 0 aromatic carbocycles. The Morgan fingerprint density at radius 2 is 0.273 bits per heavy atom. The Bertz CT molecular complexity index is 14.4. The summed E-state index contributed by atoms with van der Waals surface area (Å²) in [6, 6.07) is 0. The first-order valence-electron chi connectivity index (χ1n) is 0. The first-order valence-corrected chi connectivity index (χ1v) is 0. The molecule has 0 N–H and O–H groups in total. The number of rotatable bonds is 0. The van der Waals surface area contributed by atoms with E-state index in [1.54, 1.807) is 0 Å². The molecule has 0 rings (SSSR count). The van der Waals surface area contributed by atoms with Gasteiger partial charge in [0.2, 0.25) is 0 Å². The SMILES string of the molecule is [O-2].[O-2].[O-2].[O-2].[O-2].[O-2].[O-2].[P].[P].[Re+7].[Re+7]. The second-order valence-corrected chi connectivity index (χ2v) is 0. The van der Waals surface area contributed by atoms with Crippen molar-refractivity contribution in [3.8, 4) is 0 Å². The second-order valence-electron chi connectivity index (χ2n) is 0. The Morgan fingerprint density at radius 3 is 0.273 bits per heavy atom. The van der Waals surface area contributed by atoms with Crippen LogP contribution in [0.25, 0.3) is 0 Å². The summed E-state index contributed by atoms with van der Waals surface area (Å²) < 4.78 is 0. The van der Waals surface area contributed by atoms with Crippen molar-refractivity contribution < 1.29 is 79.2 Å². The van der Waals surface area contributed by atoms with Crippen LogP contribution in [0.2, 0.25) is 0 Å². The summed E-state index contributed by atoms with van der Waals surface area (Å²) in [5.41, 5.74) is 0. The van der Waals surface area contributed by atoms with Crippen molar-refractivity contribution in [2.24, 2.45) is 0 Å². The number of hydrogen-bond donors (Lipinski definition) is 0. The van der Waals surface area contributed by atoms with Crippen LogP contribution in [0, 0.1) is 0 Å². The van der Waals surface area contributed by atoms with Crippen LogP contribution in [-0.2, 0) is 79.2 Å². The molecule has 0 aliphatic carbocycles. The van der Waals surface area contributed by atoms with E-state index in [-0.39, 0.29) is 99.0 Å².